The molecule has 0 bridgehead atoms. The number of anilines is 1. The van der Waals surface area contributed by atoms with E-state index in [1.54, 1.807) is 30.3 Å². The number of hydrogen-bond donors (Lipinski definition) is 1. The third kappa shape index (κ3) is 2.66. The number of ketones is 1. The molecule has 0 fully saturated rings. The molecule has 0 aliphatic rings. The Bertz CT molecular complexity index is 580. The van der Waals surface area contributed by atoms with Crippen LogP contribution in [0.3, 0.4) is 0 Å². The molecule has 94 valence electrons. The van der Waals surface area contributed by atoms with E-state index < -0.39 is 0 Å². The van der Waals surface area contributed by atoms with Crippen LogP contribution in [0.4, 0.5) is 5.69 Å². The van der Waals surface area contributed by atoms with Crippen LogP contribution in [0.1, 0.15) is 22.2 Å². The van der Waals surface area contributed by atoms with Crippen LogP contribution in [0.5, 0.6) is 5.75 Å². The van der Waals surface area contributed by atoms with E-state index in [1.165, 1.54) is 11.3 Å². The Morgan fingerprint density at radius 1 is 1.39 bits per heavy atom. The predicted octanol–water partition coefficient (Wildman–Crippen LogP) is 3.61. The maximum absolute atomic E-state index is 12.1. The molecule has 0 unspecified atom stereocenters. The van der Waals surface area contributed by atoms with Crippen molar-refractivity contribution in [3.05, 3.63) is 45.1 Å². The van der Waals surface area contributed by atoms with Gasteiger partial charge in [-0.3, -0.25) is 4.79 Å². The fourth-order valence-electron chi connectivity index (χ4n) is 1.56. The highest BCUT2D eigenvalue weighted by atomic mass is 35.5. The number of ether oxygens (including phenoxy) is 1. The minimum absolute atomic E-state index is 0.0818. The number of benzene rings is 1. The molecule has 18 heavy (non-hydrogen) atoms. The van der Waals surface area contributed by atoms with Crippen molar-refractivity contribution in [3.8, 4) is 5.75 Å². The average Bonchev–Trinajstić information content (AvgIpc) is 2.78. The molecule has 5 heteroatoms. The molecule has 1 aromatic carbocycles. The summed E-state index contributed by atoms with van der Waals surface area (Å²) >= 11 is 7.07. The minimum atomic E-state index is -0.0818. The van der Waals surface area contributed by atoms with Crippen LogP contribution in [0.25, 0.3) is 0 Å². The van der Waals surface area contributed by atoms with Crippen LogP contribution in [0.15, 0.2) is 30.3 Å². The lowest BCUT2D eigenvalue weighted by Gasteiger charge is -2.07. The molecule has 0 aliphatic heterocycles. The van der Waals surface area contributed by atoms with Crippen LogP contribution in [0, 0.1) is 0 Å². The molecule has 2 rings (SSSR count). The van der Waals surface area contributed by atoms with Gasteiger partial charge in [-0.05, 0) is 37.3 Å². The number of rotatable bonds is 4. The number of hydrogen-bond acceptors (Lipinski definition) is 4. The fraction of sp³-hybridized carbons (Fsp3) is 0.154. The summed E-state index contributed by atoms with van der Waals surface area (Å²) in [5.74, 6) is 0.514. The monoisotopic (exact) mass is 281 g/mol. The van der Waals surface area contributed by atoms with Crippen molar-refractivity contribution in [2.24, 2.45) is 0 Å². The van der Waals surface area contributed by atoms with E-state index in [9.17, 15) is 4.79 Å². The molecule has 0 amide bonds. The van der Waals surface area contributed by atoms with E-state index in [1.807, 2.05) is 6.92 Å². The fourth-order valence-corrected chi connectivity index (χ4v) is 2.56. The molecule has 1 aromatic heterocycles. The first kappa shape index (κ1) is 12.9. The van der Waals surface area contributed by atoms with E-state index in [0.717, 1.165) is 0 Å². The molecule has 1 heterocycles. The molecule has 0 radical (unpaired) electrons. The van der Waals surface area contributed by atoms with Crippen molar-refractivity contribution in [1.29, 1.82) is 0 Å². The smallest absolute Gasteiger partial charge is 0.203 e. The summed E-state index contributed by atoms with van der Waals surface area (Å²) in [7, 11) is 0. The van der Waals surface area contributed by atoms with E-state index in [-0.39, 0.29) is 5.78 Å². The third-order valence-corrected chi connectivity index (χ3v) is 3.60. The highest BCUT2D eigenvalue weighted by molar-refractivity contribution is 7.18. The van der Waals surface area contributed by atoms with Crippen LogP contribution in [0.2, 0.25) is 4.34 Å². The minimum Gasteiger partial charge on any atom is -0.492 e. The van der Waals surface area contributed by atoms with Crippen molar-refractivity contribution in [1.82, 2.24) is 0 Å². The van der Waals surface area contributed by atoms with Crippen LogP contribution >= 0.6 is 22.9 Å². The zero-order chi connectivity index (χ0) is 13.1. The molecular weight excluding hydrogens is 270 g/mol. The second-order valence-electron chi connectivity index (χ2n) is 3.62. The van der Waals surface area contributed by atoms with Crippen molar-refractivity contribution in [3.63, 3.8) is 0 Å². The van der Waals surface area contributed by atoms with E-state index in [4.69, 9.17) is 22.1 Å². The first-order valence-electron chi connectivity index (χ1n) is 5.44. The zero-order valence-electron chi connectivity index (χ0n) is 9.77. The number of nitrogen functional groups attached to an aromatic ring is 1. The lowest BCUT2D eigenvalue weighted by Crippen LogP contribution is -2.02. The summed E-state index contributed by atoms with van der Waals surface area (Å²) in [5.41, 5.74) is 6.83. The topological polar surface area (TPSA) is 52.3 Å². The number of carbonyl (C=O) groups is 1. The van der Waals surface area contributed by atoms with Crippen LogP contribution in [-0.2, 0) is 0 Å². The highest BCUT2D eigenvalue weighted by Gasteiger charge is 2.13. The van der Waals surface area contributed by atoms with Gasteiger partial charge in [0.05, 0.1) is 21.5 Å². The summed E-state index contributed by atoms with van der Waals surface area (Å²) in [5, 5.41) is 0. The number of carbonyl (C=O) groups excluding carboxylic acids is 1. The summed E-state index contributed by atoms with van der Waals surface area (Å²) in [6, 6.07) is 8.46. The Kier molecular flexibility index (Phi) is 3.89. The molecule has 0 aliphatic carbocycles. The van der Waals surface area contributed by atoms with Crippen molar-refractivity contribution >= 4 is 34.4 Å². The number of nitrogens with two attached hydrogens (primary N) is 1. The molecule has 3 nitrogen and oxygen atoms in total. The third-order valence-electron chi connectivity index (χ3n) is 2.37. The Labute approximate surface area is 114 Å². The first-order valence-corrected chi connectivity index (χ1v) is 6.63. The predicted molar refractivity (Wildman–Crippen MR) is 74.8 cm³/mol. The zero-order valence-corrected chi connectivity index (χ0v) is 11.3. The van der Waals surface area contributed by atoms with Gasteiger partial charge in [0.15, 0.2) is 0 Å². The van der Waals surface area contributed by atoms with E-state index in [0.29, 0.717) is 32.8 Å². The van der Waals surface area contributed by atoms with Gasteiger partial charge in [-0.15, -0.1) is 11.3 Å². The van der Waals surface area contributed by atoms with Gasteiger partial charge in [-0.2, -0.15) is 0 Å². The summed E-state index contributed by atoms with van der Waals surface area (Å²) < 4.78 is 5.92. The summed E-state index contributed by atoms with van der Waals surface area (Å²) in [6.07, 6.45) is 0. The van der Waals surface area contributed by atoms with Gasteiger partial charge in [-0.1, -0.05) is 11.6 Å². The van der Waals surface area contributed by atoms with Gasteiger partial charge in [-0.25, -0.2) is 0 Å². The number of halogens is 1. The van der Waals surface area contributed by atoms with Crippen LogP contribution < -0.4 is 10.5 Å². The first-order chi connectivity index (χ1) is 8.61. The molecule has 2 N–H and O–H groups in total. The van der Waals surface area contributed by atoms with Gasteiger partial charge < -0.3 is 10.5 Å². The maximum atomic E-state index is 12.1. The molecule has 0 saturated carbocycles. The van der Waals surface area contributed by atoms with Crippen LogP contribution in [-0.4, -0.2) is 12.4 Å². The largest absolute Gasteiger partial charge is 0.492 e. The van der Waals surface area contributed by atoms with E-state index >= 15 is 0 Å². The number of thiophene rings is 1. The van der Waals surface area contributed by atoms with Gasteiger partial charge in [0.1, 0.15) is 5.75 Å². The second-order valence-corrected chi connectivity index (χ2v) is 5.33. The lowest BCUT2D eigenvalue weighted by atomic mass is 10.1. The summed E-state index contributed by atoms with van der Waals surface area (Å²) in [6.45, 7) is 2.42. The van der Waals surface area contributed by atoms with Gasteiger partial charge >= 0.3 is 0 Å². The molecule has 0 atom stereocenters. The Balaban J connectivity index is 2.29. The Hall–Kier alpha value is -1.52. The Morgan fingerprint density at radius 2 is 2.17 bits per heavy atom. The summed E-state index contributed by atoms with van der Waals surface area (Å²) in [4.78, 5) is 12.7. The average molecular weight is 282 g/mol. The molecule has 0 saturated heterocycles. The van der Waals surface area contributed by atoms with Crippen molar-refractivity contribution in [2.45, 2.75) is 6.92 Å². The quantitative estimate of drug-likeness (QED) is 0.688. The van der Waals surface area contributed by atoms with Crippen molar-refractivity contribution < 1.29 is 9.53 Å². The SMILES string of the molecule is CCOc1ccc(C(=O)c2ccc(Cl)s2)cc1N. The maximum Gasteiger partial charge on any atom is 0.203 e. The second kappa shape index (κ2) is 5.42. The van der Waals surface area contributed by atoms with Gasteiger partial charge in [0.25, 0.3) is 0 Å². The molecule has 0 spiro atoms. The lowest BCUT2D eigenvalue weighted by molar-refractivity contribution is 0.104. The van der Waals surface area contributed by atoms with E-state index in [2.05, 4.69) is 0 Å². The molecular formula is C13H12ClNO2S. The normalized spacial score (nSPS) is 10.3. The standard InChI is InChI=1S/C13H12ClNO2S/c1-2-17-10-4-3-8(7-9(10)15)13(16)11-5-6-12(14)18-11/h3-7H,2,15H2,1H3. The molecule has 2 aromatic rings. The van der Waals surface area contributed by atoms with Crippen molar-refractivity contribution in [2.75, 3.05) is 12.3 Å². The van der Waals surface area contributed by atoms with Gasteiger partial charge in [0.2, 0.25) is 5.78 Å². The Morgan fingerprint density at radius 3 is 2.72 bits per heavy atom. The highest BCUT2D eigenvalue weighted by Crippen LogP contribution is 2.27. The van der Waals surface area contributed by atoms with Gasteiger partial charge in [0, 0.05) is 5.56 Å².